The zero-order valence-electron chi connectivity index (χ0n) is 31.3. The fraction of sp³-hybridized carbons (Fsp3) is 0. The van der Waals surface area contributed by atoms with Crippen LogP contribution in [0, 0.1) is 0 Å². The second-order valence-corrected chi connectivity index (χ2v) is 14.9. The molecule has 5 nitrogen and oxygen atoms in total. The van der Waals surface area contributed by atoms with Gasteiger partial charge in [-0.1, -0.05) is 146 Å². The molecule has 0 aliphatic heterocycles. The third-order valence-electron chi connectivity index (χ3n) is 11.5. The largest absolute Gasteiger partial charge is 0.279 e. The summed E-state index contributed by atoms with van der Waals surface area (Å²) in [7, 11) is 0. The van der Waals surface area contributed by atoms with Crippen molar-refractivity contribution in [3.63, 3.8) is 0 Å². The number of fused-ring (bicyclic) bond motifs is 10. The molecule has 0 fully saturated rings. The fourth-order valence-corrected chi connectivity index (χ4v) is 8.73. The standard InChI is InChI=1S/C53H33N5/c1-3-14-37(15-4-1)46-32-40(33-47(54-46)38-16-5-2-6-17-38)35-25-23-34(24-26-35)39-28-29-48-43(31-39)51-41-18-8-7-13-36(41)27-30-50(51)57(48)53-56-44-20-10-9-19-42(44)52-55-45-21-11-12-22-49(45)58(52)53/h1-33H. The molecule has 58 heavy (non-hydrogen) atoms. The van der Waals surface area contributed by atoms with E-state index in [0.717, 1.165) is 89.3 Å². The quantitative estimate of drug-likeness (QED) is 0.177. The van der Waals surface area contributed by atoms with E-state index in [1.807, 2.05) is 24.3 Å². The highest BCUT2D eigenvalue weighted by Gasteiger charge is 2.21. The third-order valence-corrected chi connectivity index (χ3v) is 11.5. The molecule has 5 heteroatoms. The monoisotopic (exact) mass is 739 g/mol. The molecule has 0 N–H and O–H groups in total. The van der Waals surface area contributed by atoms with Crippen molar-refractivity contribution in [2.45, 2.75) is 0 Å². The summed E-state index contributed by atoms with van der Waals surface area (Å²) in [5.74, 6) is 0.817. The summed E-state index contributed by atoms with van der Waals surface area (Å²) in [5.41, 5.74) is 14.7. The number of aromatic nitrogens is 5. The molecular weight excluding hydrogens is 707 g/mol. The van der Waals surface area contributed by atoms with Crippen molar-refractivity contribution in [1.82, 2.24) is 23.9 Å². The SMILES string of the molecule is c1ccc(-c2cc(-c3ccc(-c4ccc5c(c4)c4c6ccccc6ccc4n5-c4nc5ccccc5c5nc6ccccc6n45)cc3)cc(-c3ccccc3)n2)cc1. The van der Waals surface area contributed by atoms with Crippen LogP contribution < -0.4 is 0 Å². The molecule has 270 valence electrons. The molecular formula is C53H33N5. The minimum atomic E-state index is 0.817. The Hall–Kier alpha value is -7.89. The molecule has 12 aromatic rings. The van der Waals surface area contributed by atoms with Gasteiger partial charge in [-0.05, 0) is 87.6 Å². The lowest BCUT2D eigenvalue weighted by Gasteiger charge is -2.13. The van der Waals surface area contributed by atoms with Crippen molar-refractivity contribution in [3.05, 3.63) is 200 Å². The van der Waals surface area contributed by atoms with Crippen molar-refractivity contribution >= 4 is 60.2 Å². The first-order valence-electron chi connectivity index (χ1n) is 19.6. The van der Waals surface area contributed by atoms with Crippen LogP contribution in [0.1, 0.15) is 0 Å². The van der Waals surface area contributed by atoms with Gasteiger partial charge >= 0.3 is 0 Å². The van der Waals surface area contributed by atoms with E-state index in [-0.39, 0.29) is 0 Å². The van der Waals surface area contributed by atoms with E-state index in [4.69, 9.17) is 15.0 Å². The first-order valence-corrected chi connectivity index (χ1v) is 19.6. The molecule has 0 saturated heterocycles. The lowest BCUT2D eigenvalue weighted by molar-refractivity contribution is 0.980. The molecule has 4 heterocycles. The van der Waals surface area contributed by atoms with Crippen LogP contribution in [-0.4, -0.2) is 23.9 Å². The molecule has 8 aromatic carbocycles. The van der Waals surface area contributed by atoms with Gasteiger partial charge in [-0.2, -0.15) is 0 Å². The molecule has 0 saturated carbocycles. The minimum absolute atomic E-state index is 0.817. The Kier molecular flexibility index (Phi) is 7.16. The molecule has 0 bridgehead atoms. The lowest BCUT2D eigenvalue weighted by atomic mass is 9.96. The van der Waals surface area contributed by atoms with Gasteiger partial charge in [0.2, 0.25) is 5.95 Å². The Morgan fingerprint density at radius 3 is 1.66 bits per heavy atom. The van der Waals surface area contributed by atoms with Gasteiger partial charge in [0.05, 0.1) is 39.0 Å². The van der Waals surface area contributed by atoms with Crippen molar-refractivity contribution in [2.75, 3.05) is 0 Å². The van der Waals surface area contributed by atoms with Gasteiger partial charge in [0.15, 0.2) is 0 Å². The van der Waals surface area contributed by atoms with Crippen LogP contribution >= 0.6 is 0 Å². The molecule has 0 unspecified atom stereocenters. The van der Waals surface area contributed by atoms with Gasteiger partial charge in [0.1, 0.15) is 5.65 Å². The Balaban J connectivity index is 1.05. The number of hydrogen-bond donors (Lipinski definition) is 0. The summed E-state index contributed by atoms with van der Waals surface area (Å²) in [6.45, 7) is 0. The fourth-order valence-electron chi connectivity index (χ4n) is 8.73. The van der Waals surface area contributed by atoms with E-state index >= 15 is 0 Å². The molecule has 0 atom stereocenters. The minimum Gasteiger partial charge on any atom is -0.279 e. The summed E-state index contributed by atoms with van der Waals surface area (Å²) in [6, 6.07) is 70.8. The average molecular weight is 740 g/mol. The number of pyridine rings is 1. The van der Waals surface area contributed by atoms with Crippen LogP contribution in [0.15, 0.2) is 200 Å². The van der Waals surface area contributed by atoms with E-state index in [2.05, 4.69) is 185 Å². The normalized spacial score (nSPS) is 11.8. The van der Waals surface area contributed by atoms with Crippen molar-refractivity contribution in [3.8, 4) is 50.7 Å². The maximum atomic E-state index is 5.40. The lowest BCUT2D eigenvalue weighted by Crippen LogP contribution is -2.06. The van der Waals surface area contributed by atoms with Gasteiger partial charge in [0, 0.05) is 27.3 Å². The number of imidazole rings is 1. The zero-order chi connectivity index (χ0) is 38.2. The smallest absolute Gasteiger partial charge is 0.221 e. The maximum absolute atomic E-state index is 5.40. The van der Waals surface area contributed by atoms with Gasteiger partial charge in [-0.3, -0.25) is 8.97 Å². The summed E-state index contributed by atoms with van der Waals surface area (Å²) < 4.78 is 4.56. The summed E-state index contributed by atoms with van der Waals surface area (Å²) in [5, 5.41) is 5.83. The highest BCUT2D eigenvalue weighted by atomic mass is 15.2. The topological polar surface area (TPSA) is 48.0 Å². The first-order chi connectivity index (χ1) is 28.7. The van der Waals surface area contributed by atoms with Crippen LogP contribution in [0.25, 0.3) is 111 Å². The van der Waals surface area contributed by atoms with E-state index in [0.29, 0.717) is 0 Å². The van der Waals surface area contributed by atoms with E-state index < -0.39 is 0 Å². The first kappa shape index (κ1) is 32.4. The summed E-state index contributed by atoms with van der Waals surface area (Å²) in [6.07, 6.45) is 0. The van der Waals surface area contributed by atoms with Crippen LogP contribution in [0.5, 0.6) is 0 Å². The zero-order valence-corrected chi connectivity index (χ0v) is 31.3. The van der Waals surface area contributed by atoms with Gasteiger partial charge in [0.25, 0.3) is 0 Å². The Bertz CT molecular complexity index is 3490. The highest BCUT2D eigenvalue weighted by Crippen LogP contribution is 2.40. The predicted molar refractivity (Wildman–Crippen MR) is 239 cm³/mol. The summed E-state index contributed by atoms with van der Waals surface area (Å²) in [4.78, 5) is 15.6. The maximum Gasteiger partial charge on any atom is 0.221 e. The van der Waals surface area contributed by atoms with Crippen LogP contribution in [-0.2, 0) is 0 Å². The Morgan fingerprint density at radius 1 is 0.328 bits per heavy atom. The van der Waals surface area contributed by atoms with Crippen LogP contribution in [0.2, 0.25) is 0 Å². The van der Waals surface area contributed by atoms with Crippen molar-refractivity contribution < 1.29 is 0 Å². The van der Waals surface area contributed by atoms with Crippen LogP contribution in [0.4, 0.5) is 0 Å². The summed E-state index contributed by atoms with van der Waals surface area (Å²) >= 11 is 0. The third kappa shape index (κ3) is 5.07. The predicted octanol–water partition coefficient (Wildman–Crippen LogP) is 13.3. The molecule has 4 aromatic heterocycles. The van der Waals surface area contributed by atoms with Gasteiger partial charge < -0.3 is 0 Å². The van der Waals surface area contributed by atoms with E-state index in [1.54, 1.807) is 0 Å². The van der Waals surface area contributed by atoms with Gasteiger partial charge in [-0.15, -0.1) is 0 Å². The van der Waals surface area contributed by atoms with Crippen LogP contribution in [0.3, 0.4) is 0 Å². The van der Waals surface area contributed by atoms with E-state index in [9.17, 15) is 0 Å². The second kappa shape index (κ2) is 12.8. The number of nitrogens with zero attached hydrogens (tertiary/aromatic N) is 5. The molecule has 0 aliphatic carbocycles. The average Bonchev–Trinajstić information content (AvgIpc) is 3.86. The Labute approximate surface area is 333 Å². The number of para-hydroxylation sites is 3. The number of rotatable bonds is 5. The molecule has 0 radical (unpaired) electrons. The van der Waals surface area contributed by atoms with Crippen molar-refractivity contribution in [1.29, 1.82) is 0 Å². The number of benzene rings is 8. The Morgan fingerprint density at radius 2 is 0.914 bits per heavy atom. The number of hydrogen-bond acceptors (Lipinski definition) is 3. The molecule has 0 amide bonds. The molecule has 12 rings (SSSR count). The van der Waals surface area contributed by atoms with E-state index in [1.165, 1.54) is 21.5 Å². The highest BCUT2D eigenvalue weighted by molar-refractivity contribution is 6.22. The molecule has 0 spiro atoms. The van der Waals surface area contributed by atoms with Gasteiger partial charge in [-0.25, -0.2) is 15.0 Å². The second-order valence-electron chi connectivity index (χ2n) is 14.9. The van der Waals surface area contributed by atoms with Crippen molar-refractivity contribution in [2.24, 2.45) is 0 Å². The molecule has 0 aliphatic rings.